The van der Waals surface area contributed by atoms with Crippen molar-refractivity contribution < 1.29 is 0 Å². The lowest BCUT2D eigenvalue weighted by Gasteiger charge is -2.33. The molecule has 8 rings (SSSR count). The number of hydrogen-bond donors (Lipinski definition) is 2. The lowest BCUT2D eigenvalue weighted by molar-refractivity contribution is 0.440. The Morgan fingerprint density at radius 3 is 2.30 bits per heavy atom. The highest BCUT2D eigenvalue weighted by molar-refractivity contribution is 6.06. The van der Waals surface area contributed by atoms with Gasteiger partial charge in [0.2, 0.25) is 0 Å². The van der Waals surface area contributed by atoms with Crippen molar-refractivity contribution in [2.24, 2.45) is 4.99 Å². The lowest BCUT2D eigenvalue weighted by Crippen LogP contribution is -2.52. The molecule has 3 nitrogen and oxygen atoms in total. The van der Waals surface area contributed by atoms with Gasteiger partial charge in [-0.3, -0.25) is 5.32 Å². The summed E-state index contributed by atoms with van der Waals surface area (Å²) in [6.07, 6.45) is 8.88. The Bertz CT molecular complexity index is 1950. The second-order valence-electron chi connectivity index (χ2n) is 12.4. The average molecular weight is 558 g/mol. The molecule has 5 aromatic rings. The molecule has 3 aliphatic rings. The van der Waals surface area contributed by atoms with Crippen LogP contribution in [0.15, 0.2) is 138 Å². The number of fused-ring (bicyclic) bond motifs is 5. The van der Waals surface area contributed by atoms with Gasteiger partial charge < -0.3 is 5.32 Å². The summed E-state index contributed by atoms with van der Waals surface area (Å²) in [5, 5.41) is 10.1. The summed E-state index contributed by atoms with van der Waals surface area (Å²) in [5.41, 5.74) is 11.4. The van der Waals surface area contributed by atoms with Gasteiger partial charge in [-0.25, -0.2) is 4.99 Å². The highest BCUT2D eigenvalue weighted by Crippen LogP contribution is 2.55. The van der Waals surface area contributed by atoms with E-state index in [4.69, 9.17) is 4.99 Å². The van der Waals surface area contributed by atoms with Gasteiger partial charge in [-0.05, 0) is 80.3 Å². The van der Waals surface area contributed by atoms with Gasteiger partial charge in [-0.15, -0.1) is 0 Å². The van der Waals surface area contributed by atoms with E-state index in [1.165, 1.54) is 55.3 Å². The van der Waals surface area contributed by atoms with Crippen molar-refractivity contribution in [1.82, 2.24) is 10.6 Å². The number of aliphatic imine (C=N–C) groups is 1. The monoisotopic (exact) mass is 557 g/mol. The van der Waals surface area contributed by atoms with Crippen LogP contribution in [-0.4, -0.2) is 12.0 Å². The topological polar surface area (TPSA) is 36.4 Å². The molecule has 0 amide bonds. The number of nitrogens with zero attached hydrogens (tertiary/aromatic N) is 1. The predicted molar refractivity (Wildman–Crippen MR) is 179 cm³/mol. The molecular formula is C40H35N3. The fourth-order valence-electron chi connectivity index (χ4n) is 7.21. The molecule has 0 saturated heterocycles. The molecule has 2 N–H and O–H groups in total. The van der Waals surface area contributed by atoms with Crippen LogP contribution in [0.4, 0.5) is 0 Å². The predicted octanol–water partition coefficient (Wildman–Crippen LogP) is 9.05. The first kappa shape index (κ1) is 25.9. The molecular weight excluding hydrogens is 522 g/mol. The zero-order valence-electron chi connectivity index (χ0n) is 24.6. The van der Waals surface area contributed by atoms with E-state index in [1.807, 2.05) is 0 Å². The number of hydrogen-bond acceptors (Lipinski definition) is 3. The molecule has 2 aliphatic carbocycles. The van der Waals surface area contributed by atoms with Gasteiger partial charge in [0.25, 0.3) is 0 Å². The van der Waals surface area contributed by atoms with Crippen LogP contribution in [0.2, 0.25) is 0 Å². The maximum atomic E-state index is 5.25. The summed E-state index contributed by atoms with van der Waals surface area (Å²) < 4.78 is 0. The molecule has 0 radical (unpaired) electrons. The van der Waals surface area contributed by atoms with Gasteiger partial charge in [0.15, 0.2) is 0 Å². The van der Waals surface area contributed by atoms with Crippen molar-refractivity contribution >= 4 is 16.6 Å². The van der Waals surface area contributed by atoms with E-state index in [2.05, 4.69) is 152 Å². The third-order valence-corrected chi connectivity index (χ3v) is 9.33. The fraction of sp³-hybridized carbons (Fsp3) is 0.175. The lowest BCUT2D eigenvalue weighted by atomic mass is 9.79. The van der Waals surface area contributed by atoms with Crippen LogP contribution in [0.1, 0.15) is 55.1 Å². The minimum Gasteiger partial charge on any atom is -0.350 e. The van der Waals surface area contributed by atoms with Crippen molar-refractivity contribution in [3.05, 3.63) is 155 Å². The van der Waals surface area contributed by atoms with Crippen LogP contribution >= 0.6 is 0 Å². The standard InChI is InChI=1S/C40H35N3/c1-40(2)34-25-30(39-42-37(27-16-8-4-9-17-27)41-38(43-39)28-18-10-5-11-19-28)22-23-32(34)35-33(26-14-6-3-7-15-26)24-29-20-12-13-21-31(29)36(35)40/h3-4,6-10,12-25,37-38,41H,5,11H2,1-2H3,(H,42,43). The maximum absolute atomic E-state index is 5.25. The Kier molecular flexibility index (Phi) is 6.16. The Balaban J connectivity index is 1.29. The van der Waals surface area contributed by atoms with Crippen LogP contribution < -0.4 is 10.6 Å². The Morgan fingerprint density at radius 2 is 1.51 bits per heavy atom. The molecule has 5 aromatic carbocycles. The Hall–Kier alpha value is -4.73. The summed E-state index contributed by atoms with van der Waals surface area (Å²) in [6, 6.07) is 39.6. The zero-order valence-corrected chi connectivity index (χ0v) is 24.6. The highest BCUT2D eigenvalue weighted by atomic mass is 15.3. The fourth-order valence-corrected chi connectivity index (χ4v) is 7.21. The first-order valence-corrected chi connectivity index (χ1v) is 15.4. The second-order valence-corrected chi connectivity index (χ2v) is 12.4. The van der Waals surface area contributed by atoms with E-state index in [0.717, 1.165) is 24.2 Å². The summed E-state index contributed by atoms with van der Waals surface area (Å²) in [7, 11) is 0. The molecule has 43 heavy (non-hydrogen) atoms. The first-order chi connectivity index (χ1) is 21.1. The normalized spacial score (nSPS) is 20.1. The van der Waals surface area contributed by atoms with E-state index >= 15 is 0 Å². The van der Waals surface area contributed by atoms with Crippen LogP contribution in [0, 0.1) is 0 Å². The van der Waals surface area contributed by atoms with E-state index in [0.29, 0.717) is 0 Å². The zero-order chi connectivity index (χ0) is 29.0. The smallest absolute Gasteiger partial charge is 0.131 e. The molecule has 0 bridgehead atoms. The van der Waals surface area contributed by atoms with Crippen molar-refractivity contribution in [3.8, 4) is 22.3 Å². The van der Waals surface area contributed by atoms with E-state index < -0.39 is 0 Å². The molecule has 2 unspecified atom stereocenters. The summed E-state index contributed by atoms with van der Waals surface area (Å²) in [6.45, 7) is 4.76. The minimum absolute atomic E-state index is 0.0126. The molecule has 1 heterocycles. The SMILES string of the molecule is CC1(C)c2cc(C3=NC(c4ccccc4)NC(C4=CCCC=C4)N3)ccc2-c2c(-c3ccccc3)cc3ccccc3c21. The van der Waals surface area contributed by atoms with Gasteiger partial charge >= 0.3 is 0 Å². The largest absolute Gasteiger partial charge is 0.350 e. The van der Waals surface area contributed by atoms with Crippen LogP contribution in [0.25, 0.3) is 33.0 Å². The van der Waals surface area contributed by atoms with Gasteiger partial charge in [0, 0.05) is 11.0 Å². The molecule has 1 aliphatic heterocycles. The minimum atomic E-state index is -0.175. The average Bonchev–Trinajstić information content (AvgIpc) is 3.32. The molecule has 210 valence electrons. The van der Waals surface area contributed by atoms with Gasteiger partial charge in [0.05, 0.1) is 0 Å². The number of rotatable bonds is 4. The van der Waals surface area contributed by atoms with Gasteiger partial charge in [-0.1, -0.05) is 129 Å². The quantitative estimate of drug-likeness (QED) is 0.231. The van der Waals surface area contributed by atoms with Crippen molar-refractivity contribution in [2.75, 3.05) is 0 Å². The van der Waals surface area contributed by atoms with E-state index in [-0.39, 0.29) is 17.7 Å². The number of benzene rings is 5. The van der Waals surface area contributed by atoms with E-state index in [1.54, 1.807) is 0 Å². The van der Waals surface area contributed by atoms with Gasteiger partial charge in [0.1, 0.15) is 18.2 Å². The van der Waals surface area contributed by atoms with Crippen LogP contribution in [0.5, 0.6) is 0 Å². The molecule has 0 saturated carbocycles. The molecule has 2 atom stereocenters. The van der Waals surface area contributed by atoms with E-state index in [9.17, 15) is 0 Å². The molecule has 0 aromatic heterocycles. The third kappa shape index (κ3) is 4.35. The second kappa shape index (κ2) is 10.2. The first-order valence-electron chi connectivity index (χ1n) is 15.4. The number of nitrogens with one attached hydrogen (secondary N) is 2. The molecule has 0 spiro atoms. The maximum Gasteiger partial charge on any atom is 0.131 e. The van der Waals surface area contributed by atoms with Crippen molar-refractivity contribution in [1.29, 1.82) is 0 Å². The summed E-state index contributed by atoms with van der Waals surface area (Å²) in [4.78, 5) is 5.25. The van der Waals surface area contributed by atoms with Gasteiger partial charge in [-0.2, -0.15) is 0 Å². The highest BCUT2D eigenvalue weighted by Gasteiger charge is 2.39. The number of allylic oxidation sites excluding steroid dienone is 2. The Labute approximate surface area is 253 Å². The van der Waals surface area contributed by atoms with Crippen LogP contribution in [0.3, 0.4) is 0 Å². The molecule has 0 fully saturated rings. The Morgan fingerprint density at radius 1 is 0.744 bits per heavy atom. The summed E-state index contributed by atoms with van der Waals surface area (Å²) >= 11 is 0. The number of amidine groups is 1. The third-order valence-electron chi connectivity index (χ3n) is 9.33. The van der Waals surface area contributed by atoms with Crippen LogP contribution in [-0.2, 0) is 5.41 Å². The molecule has 3 heteroatoms. The summed E-state index contributed by atoms with van der Waals surface area (Å²) in [5.74, 6) is 0.931. The van der Waals surface area contributed by atoms with Crippen molar-refractivity contribution in [3.63, 3.8) is 0 Å². The van der Waals surface area contributed by atoms with Crippen molar-refractivity contribution in [2.45, 2.75) is 44.4 Å².